The van der Waals surface area contributed by atoms with Crippen LogP contribution in [0.3, 0.4) is 0 Å². The van der Waals surface area contributed by atoms with Crippen LogP contribution in [0.2, 0.25) is 0 Å². The lowest BCUT2D eigenvalue weighted by Gasteiger charge is -2.13. The van der Waals surface area contributed by atoms with Crippen LogP contribution in [0.5, 0.6) is 11.5 Å². The second kappa shape index (κ2) is 9.64. The summed E-state index contributed by atoms with van der Waals surface area (Å²) in [4.78, 5) is 0. The van der Waals surface area contributed by atoms with Crippen molar-refractivity contribution in [2.45, 2.75) is 26.3 Å². The monoisotopic (exact) mass is 267 g/mol. The van der Waals surface area contributed by atoms with E-state index in [-0.39, 0.29) is 0 Å². The summed E-state index contributed by atoms with van der Waals surface area (Å²) < 4.78 is 16.1. The van der Waals surface area contributed by atoms with Gasteiger partial charge in [0.05, 0.1) is 20.8 Å². The van der Waals surface area contributed by atoms with Gasteiger partial charge in [0.25, 0.3) is 0 Å². The molecule has 0 aliphatic heterocycles. The van der Waals surface area contributed by atoms with Crippen molar-refractivity contribution >= 4 is 0 Å². The van der Waals surface area contributed by atoms with Crippen LogP contribution in [0.4, 0.5) is 0 Å². The van der Waals surface area contributed by atoms with Crippen LogP contribution >= 0.6 is 0 Å². The molecule has 4 heteroatoms. The number of benzene rings is 1. The van der Waals surface area contributed by atoms with Gasteiger partial charge in [-0.3, -0.25) is 0 Å². The molecule has 1 aromatic rings. The van der Waals surface area contributed by atoms with Crippen molar-refractivity contribution in [3.8, 4) is 11.5 Å². The maximum atomic E-state index is 5.50. The van der Waals surface area contributed by atoms with Crippen molar-refractivity contribution < 1.29 is 14.2 Å². The first kappa shape index (κ1) is 15.8. The standard InChI is InChI=1S/C15H25NO3/c1-4-5-10-19-11-9-16-12-13-7-6-8-14(17-2)15(13)18-3/h6-8,16H,4-5,9-12H2,1-3H3. The lowest BCUT2D eigenvalue weighted by molar-refractivity contribution is 0.133. The Morgan fingerprint density at radius 2 is 1.95 bits per heavy atom. The Labute approximate surface area is 116 Å². The van der Waals surface area contributed by atoms with Crippen LogP contribution in [0, 0.1) is 0 Å². The van der Waals surface area contributed by atoms with Gasteiger partial charge in [-0.2, -0.15) is 0 Å². The first-order chi connectivity index (χ1) is 9.33. The minimum Gasteiger partial charge on any atom is -0.493 e. The van der Waals surface area contributed by atoms with E-state index in [1.807, 2.05) is 18.2 Å². The second-order valence-electron chi connectivity index (χ2n) is 4.30. The molecule has 0 saturated heterocycles. The molecule has 0 aliphatic rings. The minimum atomic E-state index is 0.742. The minimum absolute atomic E-state index is 0.742. The molecule has 0 radical (unpaired) electrons. The number of hydrogen-bond acceptors (Lipinski definition) is 4. The molecule has 0 fully saturated rings. The number of nitrogens with one attached hydrogen (secondary N) is 1. The Bertz CT molecular complexity index is 355. The summed E-state index contributed by atoms with van der Waals surface area (Å²) in [5.41, 5.74) is 1.09. The molecular weight excluding hydrogens is 242 g/mol. The number of unbranched alkanes of at least 4 members (excludes halogenated alkanes) is 1. The third-order valence-electron chi connectivity index (χ3n) is 2.87. The van der Waals surface area contributed by atoms with E-state index in [0.717, 1.165) is 49.8 Å². The van der Waals surface area contributed by atoms with Crippen LogP contribution in [0.1, 0.15) is 25.3 Å². The molecule has 0 spiro atoms. The zero-order valence-corrected chi connectivity index (χ0v) is 12.2. The molecule has 0 aromatic heterocycles. The van der Waals surface area contributed by atoms with Crippen LogP contribution in [-0.4, -0.2) is 34.0 Å². The summed E-state index contributed by atoms with van der Waals surface area (Å²) >= 11 is 0. The fourth-order valence-electron chi connectivity index (χ4n) is 1.81. The molecule has 1 rings (SSSR count). The highest BCUT2D eigenvalue weighted by atomic mass is 16.5. The molecule has 0 amide bonds. The average Bonchev–Trinajstić information content (AvgIpc) is 2.45. The third-order valence-corrected chi connectivity index (χ3v) is 2.87. The van der Waals surface area contributed by atoms with Gasteiger partial charge in [-0.05, 0) is 12.5 Å². The molecule has 108 valence electrons. The van der Waals surface area contributed by atoms with Gasteiger partial charge in [0.1, 0.15) is 0 Å². The number of rotatable bonds is 10. The summed E-state index contributed by atoms with van der Waals surface area (Å²) in [6, 6.07) is 5.90. The van der Waals surface area contributed by atoms with Gasteiger partial charge in [-0.25, -0.2) is 0 Å². The van der Waals surface area contributed by atoms with Crippen molar-refractivity contribution in [2.75, 3.05) is 34.0 Å². The smallest absolute Gasteiger partial charge is 0.165 e. The lowest BCUT2D eigenvalue weighted by Crippen LogP contribution is -2.20. The predicted molar refractivity (Wildman–Crippen MR) is 77.0 cm³/mol. The Kier molecular flexibility index (Phi) is 8.02. The SMILES string of the molecule is CCCCOCCNCc1cccc(OC)c1OC. The van der Waals surface area contributed by atoms with E-state index in [2.05, 4.69) is 12.2 Å². The first-order valence-corrected chi connectivity index (χ1v) is 6.81. The van der Waals surface area contributed by atoms with E-state index < -0.39 is 0 Å². The maximum Gasteiger partial charge on any atom is 0.165 e. The van der Waals surface area contributed by atoms with E-state index in [1.54, 1.807) is 14.2 Å². The normalized spacial score (nSPS) is 10.5. The summed E-state index contributed by atoms with van der Waals surface area (Å²) in [6.45, 7) is 5.34. The van der Waals surface area contributed by atoms with Crippen LogP contribution in [-0.2, 0) is 11.3 Å². The fourth-order valence-corrected chi connectivity index (χ4v) is 1.81. The summed E-state index contributed by atoms with van der Waals surface area (Å²) in [6.07, 6.45) is 2.30. The number of hydrogen-bond donors (Lipinski definition) is 1. The van der Waals surface area contributed by atoms with Gasteiger partial charge < -0.3 is 19.5 Å². The molecule has 0 unspecified atom stereocenters. The maximum absolute atomic E-state index is 5.50. The summed E-state index contributed by atoms with van der Waals surface area (Å²) in [5, 5.41) is 3.34. The zero-order valence-electron chi connectivity index (χ0n) is 12.2. The van der Waals surface area contributed by atoms with E-state index in [1.165, 1.54) is 6.42 Å². The third kappa shape index (κ3) is 5.49. The Balaban J connectivity index is 2.33. The fraction of sp³-hybridized carbons (Fsp3) is 0.600. The van der Waals surface area contributed by atoms with E-state index in [0.29, 0.717) is 0 Å². The first-order valence-electron chi connectivity index (χ1n) is 6.81. The van der Waals surface area contributed by atoms with Crippen molar-refractivity contribution in [3.05, 3.63) is 23.8 Å². The Morgan fingerprint density at radius 1 is 1.11 bits per heavy atom. The molecule has 0 atom stereocenters. The highest BCUT2D eigenvalue weighted by Crippen LogP contribution is 2.30. The predicted octanol–water partition coefficient (Wildman–Crippen LogP) is 2.61. The molecule has 1 aromatic carbocycles. The highest BCUT2D eigenvalue weighted by Gasteiger charge is 2.08. The van der Waals surface area contributed by atoms with Crippen LogP contribution in [0.25, 0.3) is 0 Å². The molecule has 0 aliphatic carbocycles. The van der Waals surface area contributed by atoms with Gasteiger partial charge in [0.15, 0.2) is 11.5 Å². The van der Waals surface area contributed by atoms with Gasteiger partial charge in [0, 0.05) is 25.3 Å². The molecule has 0 bridgehead atoms. The summed E-state index contributed by atoms with van der Waals surface area (Å²) in [5.74, 6) is 1.56. The van der Waals surface area contributed by atoms with Gasteiger partial charge in [-0.1, -0.05) is 25.5 Å². The van der Waals surface area contributed by atoms with E-state index in [4.69, 9.17) is 14.2 Å². The van der Waals surface area contributed by atoms with Crippen LogP contribution < -0.4 is 14.8 Å². The Morgan fingerprint density at radius 3 is 2.63 bits per heavy atom. The Hall–Kier alpha value is -1.26. The van der Waals surface area contributed by atoms with E-state index in [9.17, 15) is 0 Å². The molecule has 19 heavy (non-hydrogen) atoms. The van der Waals surface area contributed by atoms with Crippen molar-refractivity contribution in [1.29, 1.82) is 0 Å². The topological polar surface area (TPSA) is 39.7 Å². The number of methoxy groups -OCH3 is 2. The molecular formula is C15H25NO3. The average molecular weight is 267 g/mol. The van der Waals surface area contributed by atoms with Crippen LogP contribution in [0.15, 0.2) is 18.2 Å². The molecule has 1 N–H and O–H groups in total. The number of para-hydroxylation sites is 1. The van der Waals surface area contributed by atoms with Gasteiger partial charge in [0.2, 0.25) is 0 Å². The highest BCUT2D eigenvalue weighted by molar-refractivity contribution is 5.46. The molecule has 4 nitrogen and oxygen atoms in total. The van der Waals surface area contributed by atoms with Crippen molar-refractivity contribution in [3.63, 3.8) is 0 Å². The summed E-state index contributed by atoms with van der Waals surface area (Å²) in [7, 11) is 3.31. The zero-order chi connectivity index (χ0) is 13.9. The molecule has 0 heterocycles. The van der Waals surface area contributed by atoms with Gasteiger partial charge in [-0.15, -0.1) is 0 Å². The van der Waals surface area contributed by atoms with Crippen molar-refractivity contribution in [2.24, 2.45) is 0 Å². The van der Waals surface area contributed by atoms with Gasteiger partial charge >= 0.3 is 0 Å². The van der Waals surface area contributed by atoms with Crippen molar-refractivity contribution in [1.82, 2.24) is 5.32 Å². The van der Waals surface area contributed by atoms with E-state index >= 15 is 0 Å². The second-order valence-corrected chi connectivity index (χ2v) is 4.30. The number of ether oxygens (including phenoxy) is 3. The lowest BCUT2D eigenvalue weighted by atomic mass is 10.2. The quantitative estimate of drug-likeness (QED) is 0.661. The molecule has 0 saturated carbocycles. The largest absolute Gasteiger partial charge is 0.493 e.